The maximum absolute atomic E-state index is 11.2. The minimum absolute atomic E-state index is 0.0838. The Morgan fingerprint density at radius 3 is 2.45 bits per heavy atom. The summed E-state index contributed by atoms with van der Waals surface area (Å²) >= 11 is 11.6. The Morgan fingerprint density at radius 1 is 1.40 bits per heavy atom. The van der Waals surface area contributed by atoms with Gasteiger partial charge in [0, 0.05) is 12.6 Å². The van der Waals surface area contributed by atoms with Gasteiger partial charge in [0.25, 0.3) is 5.69 Å². The van der Waals surface area contributed by atoms with E-state index in [1.807, 2.05) is 0 Å². The third kappa shape index (κ3) is 2.66. The van der Waals surface area contributed by atoms with Crippen LogP contribution < -0.4 is 5.32 Å². The molecular formula is C12H12Cl2N2O4. The Bertz CT molecular complexity index is 573. The number of anilines is 1. The average Bonchev–Trinajstić information content (AvgIpc) is 2.30. The van der Waals surface area contributed by atoms with Crippen molar-refractivity contribution in [1.29, 1.82) is 0 Å². The molecule has 0 amide bonds. The summed E-state index contributed by atoms with van der Waals surface area (Å²) in [4.78, 5) is 21.6. The highest BCUT2D eigenvalue weighted by molar-refractivity contribution is 6.42. The number of carboxylic acids is 1. The number of halogens is 2. The van der Waals surface area contributed by atoms with E-state index in [1.54, 1.807) is 0 Å². The van der Waals surface area contributed by atoms with E-state index in [0.717, 1.165) is 12.5 Å². The number of rotatable bonds is 5. The zero-order chi connectivity index (χ0) is 14.9. The maximum atomic E-state index is 11.2. The molecule has 0 spiro atoms. The Hall–Kier alpha value is -1.53. The molecule has 0 unspecified atom stereocenters. The van der Waals surface area contributed by atoms with Gasteiger partial charge in [-0.2, -0.15) is 0 Å². The summed E-state index contributed by atoms with van der Waals surface area (Å²) in [7, 11) is 0. The summed E-state index contributed by atoms with van der Waals surface area (Å²) in [5, 5.41) is 23.3. The van der Waals surface area contributed by atoms with Gasteiger partial charge in [0.05, 0.1) is 20.4 Å². The second kappa shape index (κ2) is 5.46. The average molecular weight is 319 g/mol. The predicted octanol–water partition coefficient (Wildman–Crippen LogP) is 3.57. The molecule has 1 aliphatic rings. The number of hydrogen-bond acceptors (Lipinski definition) is 4. The smallest absolute Gasteiger partial charge is 0.311 e. The first-order valence-corrected chi connectivity index (χ1v) is 6.72. The molecule has 0 saturated heterocycles. The van der Waals surface area contributed by atoms with Crippen LogP contribution in [0, 0.1) is 15.5 Å². The molecular weight excluding hydrogens is 307 g/mol. The van der Waals surface area contributed by atoms with E-state index in [4.69, 9.17) is 23.2 Å². The van der Waals surface area contributed by atoms with Crippen LogP contribution in [0.5, 0.6) is 0 Å². The van der Waals surface area contributed by atoms with Crippen LogP contribution in [0.25, 0.3) is 0 Å². The zero-order valence-electron chi connectivity index (χ0n) is 10.4. The van der Waals surface area contributed by atoms with E-state index in [2.05, 4.69) is 5.32 Å². The fourth-order valence-electron chi connectivity index (χ4n) is 2.16. The van der Waals surface area contributed by atoms with E-state index in [1.165, 1.54) is 6.07 Å². The van der Waals surface area contributed by atoms with Crippen LogP contribution in [0.2, 0.25) is 10.0 Å². The Balaban J connectivity index is 2.23. The van der Waals surface area contributed by atoms with E-state index in [9.17, 15) is 20.0 Å². The highest BCUT2D eigenvalue weighted by atomic mass is 35.5. The lowest BCUT2D eigenvalue weighted by Crippen LogP contribution is -2.43. The molecule has 8 heteroatoms. The minimum atomic E-state index is -0.890. The van der Waals surface area contributed by atoms with Gasteiger partial charge in [0.2, 0.25) is 0 Å². The second-order valence-electron chi connectivity index (χ2n) is 4.83. The molecule has 6 nitrogen and oxygen atoms in total. The van der Waals surface area contributed by atoms with Crippen LogP contribution in [-0.4, -0.2) is 22.5 Å². The van der Waals surface area contributed by atoms with Gasteiger partial charge in [0.15, 0.2) is 0 Å². The number of aliphatic carboxylic acids is 1. The SMILES string of the molecule is O=C(O)C1(CNc2cc(Cl)c(Cl)cc2[N+](=O)[O-])CCC1. The summed E-state index contributed by atoms with van der Waals surface area (Å²) in [6.07, 6.45) is 1.96. The first-order valence-electron chi connectivity index (χ1n) is 5.96. The van der Waals surface area contributed by atoms with E-state index >= 15 is 0 Å². The van der Waals surface area contributed by atoms with Gasteiger partial charge in [-0.1, -0.05) is 29.6 Å². The number of nitrogens with one attached hydrogen (secondary N) is 1. The quantitative estimate of drug-likeness (QED) is 0.639. The van der Waals surface area contributed by atoms with E-state index < -0.39 is 16.3 Å². The van der Waals surface area contributed by atoms with Crippen molar-refractivity contribution in [3.63, 3.8) is 0 Å². The van der Waals surface area contributed by atoms with Gasteiger partial charge in [-0.3, -0.25) is 14.9 Å². The Kier molecular flexibility index (Phi) is 4.06. The molecule has 20 heavy (non-hydrogen) atoms. The number of nitro groups is 1. The first kappa shape index (κ1) is 14.9. The minimum Gasteiger partial charge on any atom is -0.481 e. The molecule has 1 fully saturated rings. The third-order valence-electron chi connectivity index (χ3n) is 3.62. The van der Waals surface area contributed by atoms with Crippen LogP contribution in [-0.2, 0) is 4.79 Å². The topological polar surface area (TPSA) is 92.5 Å². The monoisotopic (exact) mass is 318 g/mol. The normalized spacial score (nSPS) is 16.3. The van der Waals surface area contributed by atoms with Crippen LogP contribution in [0.15, 0.2) is 12.1 Å². The van der Waals surface area contributed by atoms with E-state index in [-0.39, 0.29) is 28.0 Å². The van der Waals surface area contributed by atoms with Crippen molar-refractivity contribution >= 4 is 40.5 Å². The number of nitrogens with zero attached hydrogens (tertiary/aromatic N) is 1. The molecule has 0 atom stereocenters. The molecule has 0 aliphatic heterocycles. The van der Waals surface area contributed by atoms with Gasteiger partial charge in [0.1, 0.15) is 5.69 Å². The highest BCUT2D eigenvalue weighted by Crippen LogP contribution is 2.42. The summed E-state index contributed by atoms with van der Waals surface area (Å²) < 4.78 is 0. The molecule has 2 rings (SSSR count). The summed E-state index contributed by atoms with van der Waals surface area (Å²) in [6, 6.07) is 2.50. The molecule has 2 N–H and O–H groups in total. The number of carbonyl (C=O) groups is 1. The molecule has 1 aromatic rings. The van der Waals surface area contributed by atoms with Crippen molar-refractivity contribution in [3.8, 4) is 0 Å². The van der Waals surface area contributed by atoms with Crippen LogP contribution in [0.1, 0.15) is 19.3 Å². The number of hydrogen-bond donors (Lipinski definition) is 2. The maximum Gasteiger partial charge on any atom is 0.311 e. The highest BCUT2D eigenvalue weighted by Gasteiger charge is 2.44. The number of benzene rings is 1. The van der Waals surface area contributed by atoms with Gasteiger partial charge in [-0.05, 0) is 18.9 Å². The lowest BCUT2D eigenvalue weighted by Gasteiger charge is -2.37. The van der Waals surface area contributed by atoms with Crippen molar-refractivity contribution in [2.24, 2.45) is 5.41 Å². The summed E-state index contributed by atoms with van der Waals surface area (Å²) in [5.74, 6) is -0.890. The molecule has 1 aliphatic carbocycles. The number of nitro benzene ring substituents is 1. The molecule has 0 heterocycles. The van der Waals surface area contributed by atoms with Gasteiger partial charge < -0.3 is 10.4 Å². The van der Waals surface area contributed by atoms with Crippen molar-refractivity contribution in [2.45, 2.75) is 19.3 Å². The fourth-order valence-corrected chi connectivity index (χ4v) is 2.48. The molecule has 0 bridgehead atoms. The zero-order valence-corrected chi connectivity index (χ0v) is 11.9. The van der Waals surface area contributed by atoms with Crippen molar-refractivity contribution in [1.82, 2.24) is 0 Å². The van der Waals surface area contributed by atoms with Crippen molar-refractivity contribution < 1.29 is 14.8 Å². The Labute approximate surface area is 124 Å². The third-order valence-corrected chi connectivity index (χ3v) is 4.34. The second-order valence-corrected chi connectivity index (χ2v) is 5.65. The molecule has 1 aromatic carbocycles. The fraction of sp³-hybridized carbons (Fsp3) is 0.417. The van der Waals surface area contributed by atoms with Gasteiger partial charge >= 0.3 is 5.97 Å². The summed E-state index contributed by atoms with van der Waals surface area (Å²) in [5.41, 5.74) is -0.892. The van der Waals surface area contributed by atoms with Crippen LogP contribution in [0.4, 0.5) is 11.4 Å². The summed E-state index contributed by atoms with van der Waals surface area (Å²) in [6.45, 7) is 0.126. The molecule has 0 radical (unpaired) electrons. The van der Waals surface area contributed by atoms with Crippen LogP contribution in [0.3, 0.4) is 0 Å². The first-order chi connectivity index (χ1) is 9.35. The molecule has 0 aromatic heterocycles. The molecule has 108 valence electrons. The lowest BCUT2D eigenvalue weighted by atomic mass is 9.69. The Morgan fingerprint density at radius 2 is 2.00 bits per heavy atom. The molecule has 1 saturated carbocycles. The predicted molar refractivity (Wildman–Crippen MR) is 75.5 cm³/mol. The van der Waals surface area contributed by atoms with Gasteiger partial charge in [-0.15, -0.1) is 0 Å². The van der Waals surface area contributed by atoms with Crippen molar-refractivity contribution in [2.75, 3.05) is 11.9 Å². The van der Waals surface area contributed by atoms with Crippen LogP contribution >= 0.6 is 23.2 Å². The standard InChI is InChI=1S/C12H12Cl2N2O4/c13-7-4-9(10(16(19)20)5-8(7)14)15-6-12(11(17)18)2-1-3-12/h4-5,15H,1-3,6H2,(H,17,18). The van der Waals surface area contributed by atoms with Gasteiger partial charge in [-0.25, -0.2) is 0 Å². The number of carboxylic acid groups (broad SMARTS) is 1. The lowest BCUT2D eigenvalue weighted by molar-refractivity contribution is -0.384. The van der Waals surface area contributed by atoms with Crippen molar-refractivity contribution in [3.05, 3.63) is 32.3 Å². The van der Waals surface area contributed by atoms with E-state index in [0.29, 0.717) is 12.8 Å². The largest absolute Gasteiger partial charge is 0.481 e.